The summed E-state index contributed by atoms with van der Waals surface area (Å²) in [5.74, 6) is -1.28. The van der Waals surface area contributed by atoms with Crippen LogP contribution in [0.5, 0.6) is 0 Å². The Morgan fingerprint density at radius 1 is 1.18 bits per heavy atom. The summed E-state index contributed by atoms with van der Waals surface area (Å²) in [5, 5.41) is 10.9. The molecule has 4 rings (SSSR count). The average Bonchev–Trinajstić information content (AvgIpc) is 3.37. The molecule has 0 atom stereocenters. The Balaban J connectivity index is 1.63. The van der Waals surface area contributed by atoms with Gasteiger partial charge in [0.05, 0.1) is 11.3 Å². The Kier molecular flexibility index (Phi) is 4.64. The highest BCUT2D eigenvalue weighted by molar-refractivity contribution is 7.92. The van der Waals surface area contributed by atoms with Gasteiger partial charge in [-0.25, -0.2) is 14.2 Å². The molecule has 9 heteroatoms. The van der Waals surface area contributed by atoms with Crippen molar-refractivity contribution in [3.63, 3.8) is 0 Å². The van der Waals surface area contributed by atoms with Crippen molar-refractivity contribution in [1.29, 1.82) is 0 Å². The van der Waals surface area contributed by atoms with Gasteiger partial charge in [-0.05, 0) is 66.8 Å². The molecule has 0 saturated heterocycles. The van der Waals surface area contributed by atoms with Crippen molar-refractivity contribution >= 4 is 33.0 Å². The van der Waals surface area contributed by atoms with Crippen LogP contribution in [0.15, 0.2) is 52.9 Å². The first-order valence-corrected chi connectivity index (χ1v) is 10.8. The molecule has 1 aromatic heterocycles. The fourth-order valence-corrected chi connectivity index (χ4v) is 5.01. The number of rotatable bonds is 6. The monoisotopic (exact) mass is 418 g/mol. The van der Waals surface area contributed by atoms with Crippen LogP contribution in [0, 0.1) is 5.82 Å². The summed E-state index contributed by atoms with van der Waals surface area (Å²) in [6.45, 7) is 0. The third kappa shape index (κ3) is 3.76. The van der Waals surface area contributed by atoms with Crippen molar-refractivity contribution in [2.24, 2.45) is 0 Å². The molecule has 0 spiro atoms. The van der Waals surface area contributed by atoms with E-state index >= 15 is 0 Å². The summed E-state index contributed by atoms with van der Waals surface area (Å²) >= 11 is 1.14. The number of hydrogen-bond acceptors (Lipinski definition) is 5. The van der Waals surface area contributed by atoms with Crippen LogP contribution >= 0.6 is 11.3 Å². The zero-order valence-corrected chi connectivity index (χ0v) is 16.1. The maximum Gasteiger partial charge on any atom is 0.335 e. The Hall–Kier alpha value is -2.78. The van der Waals surface area contributed by atoms with Crippen LogP contribution in [0.4, 0.5) is 10.1 Å². The highest BCUT2D eigenvalue weighted by atomic mass is 32.2. The van der Waals surface area contributed by atoms with Gasteiger partial charge in [0.1, 0.15) is 10.8 Å². The summed E-state index contributed by atoms with van der Waals surface area (Å²) in [6, 6.07) is 10.0. The number of aromatic nitrogens is 1. The maximum atomic E-state index is 13.1. The van der Waals surface area contributed by atoms with Crippen LogP contribution < -0.4 is 4.72 Å². The van der Waals surface area contributed by atoms with Gasteiger partial charge in [0.2, 0.25) is 0 Å². The van der Waals surface area contributed by atoms with Crippen molar-refractivity contribution in [3.8, 4) is 10.6 Å². The molecule has 2 aromatic carbocycles. The zero-order chi connectivity index (χ0) is 19.9. The van der Waals surface area contributed by atoms with Crippen molar-refractivity contribution in [3.05, 3.63) is 64.8 Å². The smallest absolute Gasteiger partial charge is 0.335 e. The fourth-order valence-electron chi connectivity index (χ4n) is 2.83. The van der Waals surface area contributed by atoms with Gasteiger partial charge in [0.15, 0.2) is 5.03 Å². The number of benzene rings is 2. The van der Waals surface area contributed by atoms with E-state index in [9.17, 15) is 22.7 Å². The van der Waals surface area contributed by atoms with Crippen molar-refractivity contribution in [2.75, 3.05) is 4.72 Å². The minimum atomic E-state index is -3.94. The topological polar surface area (TPSA) is 96.4 Å². The van der Waals surface area contributed by atoms with E-state index in [2.05, 4.69) is 9.71 Å². The molecular weight excluding hydrogens is 403 g/mol. The van der Waals surface area contributed by atoms with Gasteiger partial charge in [-0.2, -0.15) is 8.42 Å². The molecule has 1 saturated carbocycles. The molecule has 0 aliphatic heterocycles. The number of anilines is 1. The number of carboxylic acids is 1. The molecule has 1 fully saturated rings. The van der Waals surface area contributed by atoms with Gasteiger partial charge in [0, 0.05) is 10.9 Å². The molecule has 1 heterocycles. The lowest BCUT2D eigenvalue weighted by molar-refractivity contribution is 0.0697. The third-order valence-electron chi connectivity index (χ3n) is 4.41. The van der Waals surface area contributed by atoms with E-state index in [4.69, 9.17) is 0 Å². The van der Waals surface area contributed by atoms with E-state index in [-0.39, 0.29) is 22.3 Å². The molecule has 3 aromatic rings. The molecule has 6 nitrogen and oxygen atoms in total. The van der Waals surface area contributed by atoms with Gasteiger partial charge in [0.25, 0.3) is 10.0 Å². The standard InChI is InChI=1S/C19H15FN2O4S2/c20-14-6-3-12(4-7-14)18-21-17(10-27-18)28(25,26)22-16-8-5-13(19(23)24)9-15(16)11-1-2-11/h3-11,22H,1-2H2,(H,23,24). The Morgan fingerprint density at radius 2 is 1.89 bits per heavy atom. The normalized spacial score (nSPS) is 14.0. The largest absolute Gasteiger partial charge is 0.478 e. The van der Waals surface area contributed by atoms with Crippen molar-refractivity contribution in [2.45, 2.75) is 23.8 Å². The van der Waals surface area contributed by atoms with Crippen molar-refractivity contribution in [1.82, 2.24) is 4.98 Å². The molecule has 1 aliphatic carbocycles. The second-order valence-electron chi connectivity index (χ2n) is 6.48. The molecule has 28 heavy (non-hydrogen) atoms. The van der Waals surface area contributed by atoms with Gasteiger partial charge >= 0.3 is 5.97 Å². The average molecular weight is 418 g/mol. The van der Waals surface area contributed by atoms with E-state index in [0.717, 1.165) is 24.2 Å². The van der Waals surface area contributed by atoms with E-state index in [0.29, 0.717) is 21.8 Å². The molecule has 0 amide bonds. The van der Waals surface area contributed by atoms with Gasteiger partial charge in [-0.1, -0.05) is 0 Å². The zero-order valence-electron chi connectivity index (χ0n) is 14.4. The lowest BCUT2D eigenvalue weighted by atomic mass is 10.0. The number of carbonyl (C=O) groups is 1. The summed E-state index contributed by atoms with van der Waals surface area (Å²) in [7, 11) is -3.94. The highest BCUT2D eigenvalue weighted by Crippen LogP contribution is 2.44. The summed E-state index contributed by atoms with van der Waals surface area (Å²) in [4.78, 5) is 15.4. The second kappa shape index (κ2) is 6.99. The number of sulfonamides is 1. The maximum absolute atomic E-state index is 13.1. The van der Waals surface area contributed by atoms with Gasteiger partial charge in [-0.3, -0.25) is 4.72 Å². The van der Waals surface area contributed by atoms with Crippen LogP contribution in [0.2, 0.25) is 0 Å². The molecule has 0 unspecified atom stereocenters. The number of nitrogens with zero attached hydrogens (tertiary/aromatic N) is 1. The van der Waals surface area contributed by atoms with Crippen molar-refractivity contribution < 1.29 is 22.7 Å². The quantitative estimate of drug-likeness (QED) is 0.621. The SMILES string of the molecule is O=C(O)c1ccc(NS(=O)(=O)c2csc(-c3ccc(F)cc3)n2)c(C2CC2)c1. The molecule has 144 valence electrons. The molecule has 0 radical (unpaired) electrons. The highest BCUT2D eigenvalue weighted by Gasteiger charge is 2.29. The third-order valence-corrected chi connectivity index (χ3v) is 6.70. The van der Waals surface area contributed by atoms with E-state index in [1.165, 1.54) is 47.8 Å². The van der Waals surface area contributed by atoms with E-state index < -0.39 is 16.0 Å². The predicted molar refractivity (Wildman–Crippen MR) is 104 cm³/mol. The predicted octanol–water partition coefficient (Wildman–Crippen LogP) is 4.33. The summed E-state index contributed by atoms with van der Waals surface area (Å²) < 4.78 is 41.1. The Bertz CT molecular complexity index is 1150. The second-order valence-corrected chi connectivity index (χ2v) is 8.97. The summed E-state index contributed by atoms with van der Waals surface area (Å²) in [5.41, 5.74) is 1.79. The Morgan fingerprint density at radius 3 is 2.54 bits per heavy atom. The first kappa shape index (κ1) is 18.6. The van der Waals surface area contributed by atoms with Crippen LogP contribution in [0.25, 0.3) is 10.6 Å². The molecular formula is C19H15FN2O4S2. The first-order valence-electron chi connectivity index (χ1n) is 8.45. The first-order chi connectivity index (χ1) is 13.3. The van der Waals surface area contributed by atoms with E-state index in [1.54, 1.807) is 0 Å². The number of aromatic carboxylic acids is 1. The van der Waals surface area contributed by atoms with Gasteiger partial charge < -0.3 is 5.11 Å². The van der Waals surface area contributed by atoms with E-state index in [1.807, 2.05) is 0 Å². The number of carboxylic acid groups (broad SMARTS) is 1. The lowest BCUT2D eigenvalue weighted by Gasteiger charge is -2.12. The molecule has 1 aliphatic rings. The van der Waals surface area contributed by atoms with Crippen LogP contribution in [-0.4, -0.2) is 24.5 Å². The number of nitrogens with one attached hydrogen (secondary N) is 1. The number of hydrogen-bond donors (Lipinski definition) is 2. The summed E-state index contributed by atoms with van der Waals surface area (Å²) in [6.07, 6.45) is 1.78. The minimum Gasteiger partial charge on any atom is -0.478 e. The Labute approximate surface area is 164 Å². The van der Waals surface area contributed by atoms with Crippen LogP contribution in [-0.2, 0) is 10.0 Å². The molecule has 2 N–H and O–H groups in total. The number of thiazole rings is 1. The van der Waals surface area contributed by atoms with Crippen LogP contribution in [0.1, 0.15) is 34.7 Å². The number of halogens is 1. The fraction of sp³-hybridized carbons (Fsp3) is 0.158. The van der Waals surface area contributed by atoms with Gasteiger partial charge in [-0.15, -0.1) is 11.3 Å². The molecule has 0 bridgehead atoms. The van der Waals surface area contributed by atoms with Crippen LogP contribution in [0.3, 0.4) is 0 Å². The lowest BCUT2D eigenvalue weighted by Crippen LogP contribution is -2.15. The minimum absolute atomic E-state index is 0.122.